The number of hydrogen-bond donors (Lipinski definition) is 2. The smallest absolute Gasteiger partial charge is 0.261 e. The van der Waals surface area contributed by atoms with Gasteiger partial charge in [-0.05, 0) is 54.6 Å². The van der Waals surface area contributed by atoms with Crippen molar-refractivity contribution >= 4 is 43.2 Å². The van der Waals surface area contributed by atoms with Crippen LogP contribution in [0.4, 0.5) is 11.4 Å². The van der Waals surface area contributed by atoms with Crippen LogP contribution in [-0.4, -0.2) is 14.3 Å². The first-order valence-electron chi connectivity index (χ1n) is 7.69. The van der Waals surface area contributed by atoms with Crippen LogP contribution in [0.2, 0.25) is 0 Å². The van der Waals surface area contributed by atoms with Gasteiger partial charge in [0.2, 0.25) is 0 Å². The summed E-state index contributed by atoms with van der Waals surface area (Å²) < 4.78 is 28.4. The number of halogens is 1. The van der Waals surface area contributed by atoms with Crippen molar-refractivity contribution in [3.63, 3.8) is 0 Å². The van der Waals surface area contributed by atoms with Crippen molar-refractivity contribution in [2.75, 3.05) is 10.0 Å². The molecule has 3 aromatic rings. The van der Waals surface area contributed by atoms with Gasteiger partial charge in [-0.25, -0.2) is 8.42 Å². The molecule has 3 rings (SSSR count). The number of carbonyl (C=O) groups excluding carboxylic acids is 1. The molecule has 0 unspecified atom stereocenters. The molecular formula is C19H15BrN2O3S. The van der Waals surface area contributed by atoms with Gasteiger partial charge in [-0.2, -0.15) is 0 Å². The Morgan fingerprint density at radius 2 is 1.50 bits per heavy atom. The number of hydrogen-bond acceptors (Lipinski definition) is 3. The minimum Gasteiger partial charge on any atom is -0.322 e. The van der Waals surface area contributed by atoms with Crippen molar-refractivity contribution in [1.82, 2.24) is 0 Å². The van der Waals surface area contributed by atoms with E-state index in [1.807, 2.05) is 0 Å². The highest BCUT2D eigenvalue weighted by Crippen LogP contribution is 2.19. The van der Waals surface area contributed by atoms with E-state index in [-0.39, 0.29) is 16.4 Å². The summed E-state index contributed by atoms with van der Waals surface area (Å²) in [6.45, 7) is 0. The molecule has 0 heterocycles. The monoisotopic (exact) mass is 430 g/mol. The zero-order valence-electron chi connectivity index (χ0n) is 13.5. The zero-order chi connectivity index (χ0) is 18.6. The van der Waals surface area contributed by atoms with E-state index in [2.05, 4.69) is 26.0 Å². The van der Waals surface area contributed by atoms with Crippen molar-refractivity contribution in [2.24, 2.45) is 0 Å². The van der Waals surface area contributed by atoms with Gasteiger partial charge in [0, 0.05) is 21.4 Å². The highest BCUT2D eigenvalue weighted by atomic mass is 79.9. The Morgan fingerprint density at radius 1 is 0.808 bits per heavy atom. The van der Waals surface area contributed by atoms with E-state index in [1.54, 1.807) is 60.7 Å². The van der Waals surface area contributed by atoms with Crippen LogP contribution in [0, 0.1) is 0 Å². The molecule has 0 saturated heterocycles. The largest absolute Gasteiger partial charge is 0.322 e. The molecule has 0 aromatic heterocycles. The van der Waals surface area contributed by atoms with Gasteiger partial charge in [0.25, 0.3) is 15.9 Å². The molecule has 5 nitrogen and oxygen atoms in total. The molecule has 0 spiro atoms. The van der Waals surface area contributed by atoms with Crippen LogP contribution in [0.3, 0.4) is 0 Å². The molecule has 0 fully saturated rings. The van der Waals surface area contributed by atoms with Gasteiger partial charge < -0.3 is 5.32 Å². The van der Waals surface area contributed by atoms with Crippen LogP contribution in [0.5, 0.6) is 0 Å². The van der Waals surface area contributed by atoms with Crippen molar-refractivity contribution in [1.29, 1.82) is 0 Å². The predicted molar refractivity (Wildman–Crippen MR) is 106 cm³/mol. The Kier molecular flexibility index (Phi) is 5.39. The fourth-order valence-corrected chi connectivity index (χ4v) is 3.63. The molecule has 7 heteroatoms. The second kappa shape index (κ2) is 7.72. The molecule has 1 amide bonds. The van der Waals surface area contributed by atoms with Crippen LogP contribution >= 0.6 is 15.9 Å². The maximum Gasteiger partial charge on any atom is 0.261 e. The number of carbonyl (C=O) groups is 1. The molecule has 132 valence electrons. The second-order valence-electron chi connectivity index (χ2n) is 5.46. The lowest BCUT2D eigenvalue weighted by Crippen LogP contribution is -2.15. The van der Waals surface area contributed by atoms with Gasteiger partial charge >= 0.3 is 0 Å². The van der Waals surface area contributed by atoms with Crippen LogP contribution in [0.1, 0.15) is 10.4 Å². The average molecular weight is 431 g/mol. The summed E-state index contributed by atoms with van der Waals surface area (Å²) in [6.07, 6.45) is 0. The molecule has 2 N–H and O–H groups in total. The SMILES string of the molecule is O=C(Nc1ccc(Br)cc1)c1cccc(S(=O)(=O)Nc2ccccc2)c1. The van der Waals surface area contributed by atoms with Crippen molar-refractivity contribution in [3.8, 4) is 0 Å². The first kappa shape index (κ1) is 18.2. The number of para-hydroxylation sites is 1. The molecule has 26 heavy (non-hydrogen) atoms. The summed E-state index contributed by atoms with van der Waals surface area (Å²) >= 11 is 3.33. The maximum absolute atomic E-state index is 12.5. The topological polar surface area (TPSA) is 75.3 Å². The van der Waals surface area contributed by atoms with Gasteiger partial charge in [-0.1, -0.05) is 40.2 Å². The number of sulfonamides is 1. The molecule has 0 bridgehead atoms. The van der Waals surface area contributed by atoms with Gasteiger partial charge in [0.1, 0.15) is 0 Å². The Hall–Kier alpha value is -2.64. The number of anilines is 2. The fraction of sp³-hybridized carbons (Fsp3) is 0. The minimum atomic E-state index is -3.78. The standard InChI is InChI=1S/C19H15BrN2O3S/c20-15-9-11-16(12-10-15)21-19(23)14-5-4-8-18(13-14)26(24,25)22-17-6-2-1-3-7-17/h1-13,22H,(H,21,23). The Bertz CT molecular complexity index is 1020. The van der Waals surface area contributed by atoms with Gasteiger partial charge in [-0.3, -0.25) is 9.52 Å². The fourth-order valence-electron chi connectivity index (χ4n) is 2.26. The van der Waals surface area contributed by atoms with Crippen LogP contribution < -0.4 is 10.0 Å². The lowest BCUT2D eigenvalue weighted by molar-refractivity contribution is 0.102. The normalized spacial score (nSPS) is 11.0. The molecule has 0 aliphatic heterocycles. The molecule has 0 aliphatic carbocycles. The molecule has 3 aromatic carbocycles. The highest BCUT2D eigenvalue weighted by Gasteiger charge is 2.16. The van der Waals surface area contributed by atoms with Gasteiger partial charge in [0.05, 0.1) is 4.90 Å². The van der Waals surface area contributed by atoms with Crippen molar-refractivity contribution in [2.45, 2.75) is 4.90 Å². The number of benzene rings is 3. The van der Waals surface area contributed by atoms with Crippen LogP contribution in [0.15, 0.2) is 88.2 Å². The average Bonchev–Trinajstić information content (AvgIpc) is 2.64. The maximum atomic E-state index is 12.5. The zero-order valence-corrected chi connectivity index (χ0v) is 15.9. The van der Waals surface area contributed by atoms with E-state index in [0.717, 1.165) is 4.47 Å². The molecule has 0 atom stereocenters. The lowest BCUT2D eigenvalue weighted by Gasteiger charge is -2.10. The van der Waals surface area contributed by atoms with E-state index in [4.69, 9.17) is 0 Å². The highest BCUT2D eigenvalue weighted by molar-refractivity contribution is 9.10. The van der Waals surface area contributed by atoms with E-state index in [0.29, 0.717) is 11.4 Å². The summed E-state index contributed by atoms with van der Waals surface area (Å²) in [5.41, 5.74) is 1.33. The third-order valence-electron chi connectivity index (χ3n) is 3.53. The van der Waals surface area contributed by atoms with E-state index in [1.165, 1.54) is 18.2 Å². The van der Waals surface area contributed by atoms with Crippen LogP contribution in [-0.2, 0) is 10.0 Å². The van der Waals surface area contributed by atoms with Crippen LogP contribution in [0.25, 0.3) is 0 Å². The van der Waals surface area contributed by atoms with Crippen molar-refractivity contribution in [3.05, 3.63) is 88.9 Å². The third-order valence-corrected chi connectivity index (χ3v) is 5.44. The summed E-state index contributed by atoms with van der Waals surface area (Å²) in [6, 6.07) is 21.6. The molecular weight excluding hydrogens is 416 g/mol. The molecule has 0 radical (unpaired) electrons. The first-order valence-corrected chi connectivity index (χ1v) is 9.96. The van der Waals surface area contributed by atoms with E-state index in [9.17, 15) is 13.2 Å². The lowest BCUT2D eigenvalue weighted by atomic mass is 10.2. The van der Waals surface area contributed by atoms with E-state index < -0.39 is 10.0 Å². The number of amides is 1. The predicted octanol–water partition coefficient (Wildman–Crippen LogP) is 4.50. The Labute approximate surface area is 160 Å². The summed E-state index contributed by atoms with van der Waals surface area (Å²) in [5.74, 6) is -0.385. The van der Waals surface area contributed by atoms with E-state index >= 15 is 0 Å². The number of rotatable bonds is 5. The summed E-state index contributed by atoms with van der Waals surface area (Å²) in [5, 5.41) is 2.74. The van der Waals surface area contributed by atoms with Crippen molar-refractivity contribution < 1.29 is 13.2 Å². The second-order valence-corrected chi connectivity index (χ2v) is 8.06. The first-order chi connectivity index (χ1) is 12.4. The van der Waals surface area contributed by atoms with Gasteiger partial charge in [-0.15, -0.1) is 0 Å². The minimum absolute atomic E-state index is 0.0183. The summed E-state index contributed by atoms with van der Waals surface area (Å²) in [4.78, 5) is 12.4. The number of nitrogens with one attached hydrogen (secondary N) is 2. The Balaban J connectivity index is 1.81. The molecule has 0 aliphatic rings. The third kappa shape index (κ3) is 4.50. The summed E-state index contributed by atoms with van der Waals surface area (Å²) in [7, 11) is -3.78. The molecule has 0 saturated carbocycles. The van der Waals surface area contributed by atoms with Gasteiger partial charge in [0.15, 0.2) is 0 Å². The Morgan fingerprint density at radius 3 is 2.19 bits per heavy atom. The quantitative estimate of drug-likeness (QED) is 0.625.